The van der Waals surface area contributed by atoms with Gasteiger partial charge in [-0.1, -0.05) is 19.3 Å². The van der Waals surface area contributed by atoms with Gasteiger partial charge in [-0.3, -0.25) is 4.79 Å². The summed E-state index contributed by atoms with van der Waals surface area (Å²) in [6.07, 6.45) is 7.47. The van der Waals surface area contributed by atoms with Gasteiger partial charge in [0.2, 0.25) is 5.91 Å². The fourth-order valence-corrected chi connectivity index (χ4v) is 3.29. The third-order valence-corrected chi connectivity index (χ3v) is 4.82. The summed E-state index contributed by atoms with van der Waals surface area (Å²) >= 11 is 0. The number of pyridine rings is 1. The molecular weight excluding hydrogens is 276 g/mol. The zero-order valence-corrected chi connectivity index (χ0v) is 13.4. The van der Waals surface area contributed by atoms with Crippen LogP contribution in [0.25, 0.3) is 0 Å². The van der Waals surface area contributed by atoms with Crippen molar-refractivity contribution in [1.29, 1.82) is 0 Å². The maximum Gasteiger partial charge on any atom is 0.227 e. The molecule has 5 heteroatoms. The molecule has 0 aromatic carbocycles. The largest absolute Gasteiger partial charge is 0.354 e. The summed E-state index contributed by atoms with van der Waals surface area (Å²) in [6.45, 7) is 4.16. The van der Waals surface area contributed by atoms with E-state index in [4.69, 9.17) is 0 Å². The average Bonchev–Trinajstić information content (AvgIpc) is 2.57. The van der Waals surface area contributed by atoms with Crippen LogP contribution in [0, 0.1) is 5.92 Å². The van der Waals surface area contributed by atoms with Crippen molar-refractivity contribution in [1.82, 2.24) is 9.88 Å². The number of carbonyl (C=O) groups excluding carboxylic acids is 1. The van der Waals surface area contributed by atoms with E-state index >= 15 is 0 Å². The number of hydrogen-bond acceptors (Lipinski definition) is 4. The number of aromatic nitrogens is 1. The minimum absolute atomic E-state index is 0.161. The van der Waals surface area contributed by atoms with Crippen molar-refractivity contribution >= 4 is 17.4 Å². The summed E-state index contributed by atoms with van der Waals surface area (Å²) in [4.78, 5) is 21.4. The molecular formula is C17H26N4O. The quantitative estimate of drug-likeness (QED) is 0.931. The van der Waals surface area contributed by atoms with Gasteiger partial charge < -0.3 is 15.1 Å². The Morgan fingerprint density at radius 2 is 1.86 bits per heavy atom. The summed E-state index contributed by atoms with van der Waals surface area (Å²) in [5, 5.41) is 3.02. The van der Waals surface area contributed by atoms with E-state index in [1.807, 2.05) is 12.1 Å². The van der Waals surface area contributed by atoms with Crippen LogP contribution in [-0.4, -0.2) is 49.0 Å². The van der Waals surface area contributed by atoms with Crippen LogP contribution in [0.2, 0.25) is 0 Å². The third-order valence-electron chi connectivity index (χ3n) is 4.82. The Balaban J connectivity index is 1.56. The first kappa shape index (κ1) is 15.3. The molecule has 1 N–H and O–H groups in total. The van der Waals surface area contributed by atoms with Crippen LogP contribution in [0.1, 0.15) is 32.1 Å². The van der Waals surface area contributed by atoms with Crippen molar-refractivity contribution in [3.05, 3.63) is 18.3 Å². The van der Waals surface area contributed by atoms with Gasteiger partial charge in [-0.05, 0) is 32.0 Å². The first-order valence-corrected chi connectivity index (χ1v) is 8.43. The minimum Gasteiger partial charge on any atom is -0.354 e. The number of nitrogens with zero attached hydrogens (tertiary/aromatic N) is 3. The van der Waals surface area contributed by atoms with Crippen LogP contribution < -0.4 is 10.2 Å². The number of amides is 1. The number of likely N-dealkylation sites (N-methyl/N-ethyl adjacent to an activating group) is 1. The number of hydrogen-bond donors (Lipinski definition) is 1. The number of carbonyl (C=O) groups is 1. The van der Waals surface area contributed by atoms with Crippen molar-refractivity contribution in [2.75, 3.05) is 43.4 Å². The van der Waals surface area contributed by atoms with Crippen LogP contribution in [0.15, 0.2) is 18.3 Å². The van der Waals surface area contributed by atoms with E-state index in [1.54, 1.807) is 6.20 Å². The summed E-state index contributed by atoms with van der Waals surface area (Å²) < 4.78 is 0. The molecule has 1 aliphatic carbocycles. The lowest BCUT2D eigenvalue weighted by atomic mass is 9.88. The third kappa shape index (κ3) is 3.77. The summed E-state index contributed by atoms with van der Waals surface area (Å²) in [5.74, 6) is 1.35. The molecule has 2 fully saturated rings. The Kier molecular flexibility index (Phi) is 4.93. The van der Waals surface area contributed by atoms with Crippen molar-refractivity contribution in [2.24, 2.45) is 5.92 Å². The molecule has 0 spiro atoms. The zero-order valence-electron chi connectivity index (χ0n) is 13.4. The molecule has 1 amide bonds. The maximum absolute atomic E-state index is 12.2. The standard InChI is InChI=1S/C17H26N4O/c1-20-9-11-21(12-10-20)16-8-7-15(13-18-16)19-17(22)14-5-3-2-4-6-14/h7-8,13-14H,2-6,9-12H2,1H3,(H,19,22). The minimum atomic E-state index is 0.161. The molecule has 120 valence electrons. The van der Waals surface area contributed by atoms with Gasteiger partial charge >= 0.3 is 0 Å². The summed E-state index contributed by atoms with van der Waals surface area (Å²) in [7, 11) is 2.15. The van der Waals surface area contributed by atoms with Crippen molar-refractivity contribution < 1.29 is 4.79 Å². The fourth-order valence-electron chi connectivity index (χ4n) is 3.29. The molecule has 3 rings (SSSR count). The molecule has 1 aliphatic heterocycles. The molecule has 2 heterocycles. The highest BCUT2D eigenvalue weighted by molar-refractivity contribution is 5.92. The van der Waals surface area contributed by atoms with Gasteiger partial charge in [0.15, 0.2) is 0 Å². The second kappa shape index (κ2) is 7.09. The van der Waals surface area contributed by atoms with E-state index in [-0.39, 0.29) is 11.8 Å². The molecule has 1 saturated heterocycles. The van der Waals surface area contributed by atoms with Crippen LogP contribution in [0.5, 0.6) is 0 Å². The zero-order chi connectivity index (χ0) is 15.4. The maximum atomic E-state index is 12.2. The molecule has 22 heavy (non-hydrogen) atoms. The summed E-state index contributed by atoms with van der Waals surface area (Å²) in [5.41, 5.74) is 0.813. The Morgan fingerprint density at radius 1 is 1.14 bits per heavy atom. The lowest BCUT2D eigenvalue weighted by Gasteiger charge is -2.33. The first-order valence-electron chi connectivity index (χ1n) is 8.43. The molecule has 5 nitrogen and oxygen atoms in total. The van der Waals surface area contributed by atoms with E-state index in [2.05, 4.69) is 27.1 Å². The van der Waals surface area contributed by atoms with Gasteiger partial charge in [-0.25, -0.2) is 4.98 Å². The van der Waals surface area contributed by atoms with E-state index in [0.29, 0.717) is 0 Å². The number of rotatable bonds is 3. The van der Waals surface area contributed by atoms with Gasteiger partial charge in [-0.15, -0.1) is 0 Å². The van der Waals surface area contributed by atoms with E-state index in [9.17, 15) is 4.79 Å². The smallest absolute Gasteiger partial charge is 0.227 e. The molecule has 1 saturated carbocycles. The Morgan fingerprint density at radius 3 is 2.50 bits per heavy atom. The molecule has 1 aromatic rings. The molecule has 0 bridgehead atoms. The van der Waals surface area contributed by atoms with E-state index in [0.717, 1.165) is 50.5 Å². The summed E-state index contributed by atoms with van der Waals surface area (Å²) in [6, 6.07) is 3.99. The second-order valence-corrected chi connectivity index (χ2v) is 6.52. The fraction of sp³-hybridized carbons (Fsp3) is 0.647. The van der Waals surface area contributed by atoms with Crippen LogP contribution in [0.3, 0.4) is 0 Å². The molecule has 0 atom stereocenters. The highest BCUT2D eigenvalue weighted by Crippen LogP contribution is 2.25. The van der Waals surface area contributed by atoms with Crippen molar-refractivity contribution in [3.8, 4) is 0 Å². The molecule has 0 radical (unpaired) electrons. The second-order valence-electron chi connectivity index (χ2n) is 6.52. The first-order chi connectivity index (χ1) is 10.7. The lowest BCUT2D eigenvalue weighted by Crippen LogP contribution is -2.44. The lowest BCUT2D eigenvalue weighted by molar-refractivity contribution is -0.120. The van der Waals surface area contributed by atoms with Crippen molar-refractivity contribution in [3.63, 3.8) is 0 Å². The molecule has 1 aromatic heterocycles. The van der Waals surface area contributed by atoms with Gasteiger partial charge in [0.1, 0.15) is 5.82 Å². The topological polar surface area (TPSA) is 48.5 Å². The Labute approximate surface area is 132 Å². The van der Waals surface area contributed by atoms with Crippen LogP contribution in [0.4, 0.5) is 11.5 Å². The number of piperazine rings is 1. The van der Waals surface area contributed by atoms with E-state index in [1.165, 1.54) is 19.3 Å². The number of anilines is 2. The predicted octanol–water partition coefficient (Wildman–Crippen LogP) is 2.35. The van der Waals surface area contributed by atoms with E-state index < -0.39 is 0 Å². The van der Waals surface area contributed by atoms with Crippen LogP contribution in [-0.2, 0) is 4.79 Å². The molecule has 2 aliphatic rings. The van der Waals surface area contributed by atoms with Gasteiger partial charge in [0.05, 0.1) is 11.9 Å². The predicted molar refractivity (Wildman–Crippen MR) is 89.2 cm³/mol. The monoisotopic (exact) mass is 302 g/mol. The SMILES string of the molecule is CN1CCN(c2ccc(NC(=O)C3CCCCC3)cn2)CC1. The van der Waals surface area contributed by atoms with Gasteiger partial charge in [0.25, 0.3) is 0 Å². The average molecular weight is 302 g/mol. The van der Waals surface area contributed by atoms with Crippen molar-refractivity contribution in [2.45, 2.75) is 32.1 Å². The highest BCUT2D eigenvalue weighted by Gasteiger charge is 2.21. The van der Waals surface area contributed by atoms with Gasteiger partial charge in [0, 0.05) is 32.1 Å². The Bertz CT molecular complexity index is 488. The molecule has 0 unspecified atom stereocenters. The van der Waals surface area contributed by atoms with Gasteiger partial charge in [-0.2, -0.15) is 0 Å². The highest BCUT2D eigenvalue weighted by atomic mass is 16.1. The number of nitrogens with one attached hydrogen (secondary N) is 1. The Hall–Kier alpha value is -1.62. The normalized spacial score (nSPS) is 20.9. The van der Waals surface area contributed by atoms with Crippen LogP contribution >= 0.6 is 0 Å².